The Labute approximate surface area is 110 Å². The van der Waals surface area contributed by atoms with E-state index >= 15 is 0 Å². The van der Waals surface area contributed by atoms with Gasteiger partial charge in [0.25, 0.3) is 5.91 Å². The number of thiophene rings is 1. The molecule has 0 bridgehead atoms. The molecule has 0 saturated heterocycles. The molecule has 0 radical (unpaired) electrons. The molecule has 94 valence electrons. The molecule has 1 fully saturated rings. The third-order valence-corrected chi connectivity index (χ3v) is 4.44. The maximum atomic E-state index is 12.1. The Morgan fingerprint density at radius 3 is 2.94 bits per heavy atom. The van der Waals surface area contributed by atoms with E-state index in [2.05, 4.69) is 10.4 Å². The highest BCUT2D eigenvalue weighted by atomic mass is 32.1. The Balaban J connectivity index is 1.75. The number of hydrogen-bond acceptors (Lipinski definition) is 3. The van der Waals surface area contributed by atoms with Crippen LogP contribution in [0.5, 0.6) is 0 Å². The van der Waals surface area contributed by atoms with Crippen molar-refractivity contribution >= 4 is 22.9 Å². The second kappa shape index (κ2) is 4.24. The largest absolute Gasteiger partial charge is 0.319 e. The molecule has 1 N–H and O–H groups in total. The maximum absolute atomic E-state index is 12.1. The number of amides is 1. The highest BCUT2D eigenvalue weighted by Gasteiger charge is 2.26. The molecular weight excluding hydrogens is 246 g/mol. The van der Waals surface area contributed by atoms with E-state index in [1.54, 1.807) is 22.2 Å². The minimum Gasteiger partial charge on any atom is -0.319 e. The van der Waals surface area contributed by atoms with E-state index in [1.165, 1.54) is 17.7 Å². The first-order valence-electron chi connectivity index (χ1n) is 6.03. The number of aromatic nitrogens is 2. The number of aryl methyl sites for hydroxylation is 1. The molecule has 2 aromatic heterocycles. The Kier molecular flexibility index (Phi) is 2.70. The molecule has 2 heterocycles. The third-order valence-electron chi connectivity index (χ3n) is 3.35. The van der Waals surface area contributed by atoms with Crippen LogP contribution in [0.4, 0.5) is 5.69 Å². The molecule has 1 amide bonds. The molecule has 0 aliphatic heterocycles. The van der Waals surface area contributed by atoms with Crippen molar-refractivity contribution in [3.05, 3.63) is 33.8 Å². The van der Waals surface area contributed by atoms with Crippen LogP contribution in [0.25, 0.3) is 0 Å². The van der Waals surface area contributed by atoms with E-state index in [1.807, 2.05) is 25.4 Å². The smallest absolute Gasteiger partial charge is 0.256 e. The van der Waals surface area contributed by atoms with E-state index in [4.69, 9.17) is 0 Å². The second-order valence-electron chi connectivity index (χ2n) is 4.73. The summed E-state index contributed by atoms with van der Waals surface area (Å²) in [6, 6.07) is 2.02. The van der Waals surface area contributed by atoms with Crippen molar-refractivity contribution in [1.82, 2.24) is 9.78 Å². The molecule has 0 spiro atoms. The van der Waals surface area contributed by atoms with E-state index in [0.29, 0.717) is 5.92 Å². The lowest BCUT2D eigenvalue weighted by atomic mass is 10.2. The van der Waals surface area contributed by atoms with Crippen LogP contribution in [0.2, 0.25) is 0 Å². The van der Waals surface area contributed by atoms with E-state index in [9.17, 15) is 4.79 Å². The van der Waals surface area contributed by atoms with Gasteiger partial charge in [-0.3, -0.25) is 9.48 Å². The van der Waals surface area contributed by atoms with Gasteiger partial charge in [0.15, 0.2) is 0 Å². The number of rotatable bonds is 3. The summed E-state index contributed by atoms with van der Waals surface area (Å²) in [4.78, 5) is 13.4. The number of carbonyl (C=O) groups excluding carboxylic acids is 1. The average molecular weight is 261 g/mol. The molecule has 18 heavy (non-hydrogen) atoms. The van der Waals surface area contributed by atoms with Crippen LogP contribution in [-0.2, 0) is 7.05 Å². The number of nitrogens with one attached hydrogen (secondary N) is 1. The first-order chi connectivity index (χ1) is 8.65. The summed E-state index contributed by atoms with van der Waals surface area (Å²) in [6.45, 7) is 1.94. The van der Waals surface area contributed by atoms with Gasteiger partial charge in [-0.05, 0) is 31.7 Å². The maximum Gasteiger partial charge on any atom is 0.256 e. The summed E-state index contributed by atoms with van der Waals surface area (Å²) in [5.41, 5.74) is 2.49. The summed E-state index contributed by atoms with van der Waals surface area (Å²) < 4.78 is 1.75. The fraction of sp³-hybridized carbons (Fsp3) is 0.385. The van der Waals surface area contributed by atoms with Gasteiger partial charge < -0.3 is 5.32 Å². The van der Waals surface area contributed by atoms with Crippen LogP contribution in [0, 0.1) is 6.92 Å². The second-order valence-corrected chi connectivity index (χ2v) is 5.68. The first kappa shape index (κ1) is 11.5. The van der Waals surface area contributed by atoms with Gasteiger partial charge in [0.05, 0.1) is 23.1 Å². The zero-order chi connectivity index (χ0) is 12.7. The van der Waals surface area contributed by atoms with Gasteiger partial charge in [-0.1, -0.05) is 0 Å². The zero-order valence-corrected chi connectivity index (χ0v) is 11.3. The fourth-order valence-electron chi connectivity index (χ4n) is 1.87. The van der Waals surface area contributed by atoms with Gasteiger partial charge in [-0.15, -0.1) is 11.3 Å². The van der Waals surface area contributed by atoms with Crippen LogP contribution in [0.1, 0.15) is 39.7 Å². The minimum atomic E-state index is -0.0470. The lowest BCUT2D eigenvalue weighted by Crippen LogP contribution is -2.11. The Bertz CT molecular complexity index is 595. The molecule has 0 unspecified atom stereocenters. The minimum absolute atomic E-state index is 0.0470. The third kappa shape index (κ3) is 2.06. The number of carbonyl (C=O) groups is 1. The molecule has 5 heteroatoms. The van der Waals surface area contributed by atoms with Crippen LogP contribution >= 0.6 is 11.3 Å². The van der Waals surface area contributed by atoms with Gasteiger partial charge in [-0.2, -0.15) is 5.10 Å². The molecule has 1 aliphatic rings. The highest BCUT2D eigenvalue weighted by Crippen LogP contribution is 2.42. The van der Waals surface area contributed by atoms with E-state index < -0.39 is 0 Å². The van der Waals surface area contributed by atoms with Crippen molar-refractivity contribution in [2.45, 2.75) is 25.7 Å². The van der Waals surface area contributed by atoms with Crippen molar-refractivity contribution in [3.8, 4) is 0 Å². The number of anilines is 1. The van der Waals surface area contributed by atoms with Crippen LogP contribution in [0.3, 0.4) is 0 Å². The summed E-state index contributed by atoms with van der Waals surface area (Å²) in [6.07, 6.45) is 4.22. The average Bonchev–Trinajstić information content (AvgIpc) is 3.02. The van der Waals surface area contributed by atoms with E-state index in [-0.39, 0.29) is 5.91 Å². The lowest BCUT2D eigenvalue weighted by molar-refractivity contribution is 0.102. The van der Waals surface area contributed by atoms with Crippen molar-refractivity contribution in [2.24, 2.45) is 7.05 Å². The van der Waals surface area contributed by atoms with Crippen LogP contribution < -0.4 is 5.32 Å². The predicted octanol–water partition coefficient (Wildman–Crippen LogP) is 2.92. The van der Waals surface area contributed by atoms with Gasteiger partial charge in [-0.25, -0.2) is 0 Å². The fourth-order valence-corrected chi connectivity index (χ4v) is 2.93. The monoisotopic (exact) mass is 261 g/mol. The van der Waals surface area contributed by atoms with Crippen molar-refractivity contribution < 1.29 is 4.79 Å². The van der Waals surface area contributed by atoms with Crippen LogP contribution in [-0.4, -0.2) is 15.7 Å². The number of hydrogen-bond donors (Lipinski definition) is 1. The SMILES string of the molecule is Cc1c(NC(=O)c2csc(C3CC3)c2)cnn1C. The molecule has 1 aliphatic carbocycles. The van der Waals surface area contributed by atoms with Crippen LogP contribution in [0.15, 0.2) is 17.6 Å². The Hall–Kier alpha value is -1.62. The molecular formula is C13H15N3OS. The van der Waals surface area contributed by atoms with E-state index in [0.717, 1.165) is 16.9 Å². The van der Waals surface area contributed by atoms with Crippen molar-refractivity contribution in [1.29, 1.82) is 0 Å². The topological polar surface area (TPSA) is 46.9 Å². The molecule has 2 aromatic rings. The molecule has 0 atom stereocenters. The quantitative estimate of drug-likeness (QED) is 0.923. The summed E-state index contributed by atoms with van der Waals surface area (Å²) in [5, 5.41) is 8.95. The van der Waals surface area contributed by atoms with Gasteiger partial charge in [0.2, 0.25) is 0 Å². The first-order valence-corrected chi connectivity index (χ1v) is 6.91. The van der Waals surface area contributed by atoms with Crippen molar-refractivity contribution in [2.75, 3.05) is 5.32 Å². The zero-order valence-electron chi connectivity index (χ0n) is 10.4. The molecule has 3 rings (SSSR count). The van der Waals surface area contributed by atoms with Gasteiger partial charge in [0, 0.05) is 17.3 Å². The van der Waals surface area contributed by atoms with Gasteiger partial charge >= 0.3 is 0 Å². The standard InChI is InChI=1S/C13H15N3OS/c1-8-11(6-14-16(8)2)15-13(17)10-5-12(18-7-10)9-3-4-9/h5-7,9H,3-4H2,1-2H3,(H,15,17). The summed E-state index contributed by atoms with van der Waals surface area (Å²) >= 11 is 1.69. The molecule has 1 saturated carbocycles. The van der Waals surface area contributed by atoms with Crippen molar-refractivity contribution in [3.63, 3.8) is 0 Å². The normalized spacial score (nSPS) is 14.8. The summed E-state index contributed by atoms with van der Waals surface area (Å²) in [5.74, 6) is 0.658. The molecule has 4 nitrogen and oxygen atoms in total. The van der Waals surface area contributed by atoms with Gasteiger partial charge in [0.1, 0.15) is 0 Å². The summed E-state index contributed by atoms with van der Waals surface area (Å²) in [7, 11) is 1.86. The predicted molar refractivity (Wildman–Crippen MR) is 72.2 cm³/mol. The highest BCUT2D eigenvalue weighted by molar-refractivity contribution is 7.10. The lowest BCUT2D eigenvalue weighted by Gasteiger charge is -2.02. The Morgan fingerprint density at radius 1 is 1.56 bits per heavy atom. The number of nitrogens with zero attached hydrogens (tertiary/aromatic N) is 2. The Morgan fingerprint density at radius 2 is 2.33 bits per heavy atom. The molecule has 0 aromatic carbocycles.